The van der Waals surface area contributed by atoms with Crippen LogP contribution in [-0.2, 0) is 5.41 Å². The summed E-state index contributed by atoms with van der Waals surface area (Å²) in [7, 11) is 1.98. The van der Waals surface area contributed by atoms with Gasteiger partial charge in [0, 0.05) is 22.5 Å². The number of benzene rings is 1. The highest BCUT2D eigenvalue weighted by atomic mass is 16.5. The van der Waals surface area contributed by atoms with Crippen molar-refractivity contribution >= 4 is 5.78 Å². The van der Waals surface area contributed by atoms with Crippen LogP contribution in [0.5, 0.6) is 11.5 Å². The maximum absolute atomic E-state index is 13.0. The van der Waals surface area contributed by atoms with Gasteiger partial charge in [0.15, 0.2) is 17.3 Å². The van der Waals surface area contributed by atoms with Crippen molar-refractivity contribution in [3.63, 3.8) is 0 Å². The number of rotatable bonds is 0. The van der Waals surface area contributed by atoms with Gasteiger partial charge in [-0.1, -0.05) is 12.2 Å². The van der Waals surface area contributed by atoms with Gasteiger partial charge in [-0.2, -0.15) is 0 Å². The zero-order chi connectivity index (χ0) is 15.2. The highest BCUT2D eigenvalue weighted by molar-refractivity contribution is 6.05. The molecule has 4 aliphatic rings. The lowest BCUT2D eigenvalue weighted by Crippen LogP contribution is -2.66. The molecule has 0 radical (unpaired) electrons. The van der Waals surface area contributed by atoms with E-state index < -0.39 is 17.6 Å². The molecular formula is C17H17NO4. The molecule has 2 aliphatic heterocycles. The van der Waals surface area contributed by atoms with Crippen molar-refractivity contribution in [2.24, 2.45) is 5.92 Å². The molecule has 2 heterocycles. The second-order valence-electron chi connectivity index (χ2n) is 6.86. The predicted octanol–water partition coefficient (Wildman–Crippen LogP) is 0.838. The normalized spacial score (nSPS) is 41.3. The van der Waals surface area contributed by atoms with Crippen molar-refractivity contribution in [1.29, 1.82) is 0 Å². The fourth-order valence-corrected chi connectivity index (χ4v) is 5.09. The number of Topliss-reactive ketones (excluding diaryl/α,β-unsaturated/α-hetero) is 1. The van der Waals surface area contributed by atoms with Gasteiger partial charge in [0.2, 0.25) is 0 Å². The third-order valence-corrected chi connectivity index (χ3v) is 6.00. The summed E-state index contributed by atoms with van der Waals surface area (Å²) in [4.78, 5) is 15.1. The number of likely N-dealkylation sites (tertiary alicyclic amines) is 1. The second-order valence-corrected chi connectivity index (χ2v) is 6.86. The Bertz CT molecular complexity index is 742. The molecule has 22 heavy (non-hydrogen) atoms. The molecule has 2 aliphatic carbocycles. The molecule has 0 saturated carbocycles. The number of phenolic OH excluding ortho intramolecular Hbond substituents is 1. The van der Waals surface area contributed by atoms with Crippen LogP contribution in [0.2, 0.25) is 0 Å². The van der Waals surface area contributed by atoms with Crippen molar-refractivity contribution in [3.8, 4) is 11.5 Å². The maximum Gasteiger partial charge on any atom is 0.181 e. The number of aliphatic hydroxyl groups excluding tert-OH is 1. The molecule has 5 rings (SSSR count). The number of aromatic hydroxyl groups is 1. The first-order valence-corrected chi connectivity index (χ1v) is 7.69. The number of piperidine rings is 1. The van der Waals surface area contributed by atoms with Crippen LogP contribution in [0.25, 0.3) is 0 Å². The Morgan fingerprint density at radius 1 is 1.36 bits per heavy atom. The number of phenols is 1. The summed E-state index contributed by atoms with van der Waals surface area (Å²) in [6, 6.07) is 3.01. The summed E-state index contributed by atoms with van der Waals surface area (Å²) in [5.74, 6) is 0.525. The number of hydrogen-bond acceptors (Lipinski definition) is 5. The van der Waals surface area contributed by atoms with Crippen LogP contribution in [0, 0.1) is 5.92 Å². The van der Waals surface area contributed by atoms with E-state index in [1.807, 2.05) is 13.1 Å². The van der Waals surface area contributed by atoms with E-state index in [1.54, 1.807) is 12.1 Å². The molecule has 5 nitrogen and oxygen atoms in total. The summed E-state index contributed by atoms with van der Waals surface area (Å²) in [6.07, 6.45) is 3.39. The Morgan fingerprint density at radius 2 is 2.18 bits per heavy atom. The van der Waals surface area contributed by atoms with Gasteiger partial charge >= 0.3 is 0 Å². The smallest absolute Gasteiger partial charge is 0.181 e. The lowest BCUT2D eigenvalue weighted by Gasteiger charge is -2.55. The molecule has 2 N–H and O–H groups in total. The van der Waals surface area contributed by atoms with Crippen LogP contribution < -0.4 is 4.74 Å². The van der Waals surface area contributed by atoms with E-state index in [0.29, 0.717) is 11.3 Å². The first-order chi connectivity index (χ1) is 10.6. The number of hydrogen-bond donors (Lipinski definition) is 2. The molecule has 1 saturated heterocycles. The van der Waals surface area contributed by atoms with E-state index in [1.165, 1.54) is 6.07 Å². The molecule has 0 unspecified atom stereocenters. The van der Waals surface area contributed by atoms with E-state index in [9.17, 15) is 15.0 Å². The minimum absolute atomic E-state index is 0.0114. The van der Waals surface area contributed by atoms with Crippen LogP contribution in [0.4, 0.5) is 0 Å². The van der Waals surface area contributed by atoms with Gasteiger partial charge in [0.25, 0.3) is 0 Å². The Kier molecular flexibility index (Phi) is 2.15. The van der Waals surface area contributed by atoms with E-state index in [-0.39, 0.29) is 23.5 Å². The average Bonchev–Trinajstić information content (AvgIpc) is 2.85. The maximum atomic E-state index is 13.0. The van der Waals surface area contributed by atoms with Gasteiger partial charge in [-0.05, 0) is 32.1 Å². The Labute approximate surface area is 127 Å². The van der Waals surface area contributed by atoms with Crippen molar-refractivity contribution in [2.45, 2.75) is 30.1 Å². The molecule has 1 spiro atoms. The molecular weight excluding hydrogens is 282 g/mol. The lowest BCUT2D eigenvalue weighted by atomic mass is 9.53. The van der Waals surface area contributed by atoms with Crippen LogP contribution in [0.15, 0.2) is 24.3 Å². The number of nitrogens with zero attached hydrogens (tertiary/aromatic N) is 1. The highest BCUT2D eigenvalue weighted by Gasteiger charge is 2.66. The van der Waals surface area contributed by atoms with Crippen LogP contribution in [-0.4, -0.2) is 52.7 Å². The van der Waals surface area contributed by atoms with Crippen molar-refractivity contribution in [3.05, 3.63) is 35.4 Å². The number of likely N-dealkylation sites (N-methyl/N-ethyl adjacent to an activating group) is 1. The number of ketones is 1. The number of aliphatic hydroxyl groups is 1. The third kappa shape index (κ3) is 1.15. The van der Waals surface area contributed by atoms with Crippen LogP contribution in [0.3, 0.4) is 0 Å². The first-order valence-electron chi connectivity index (χ1n) is 7.69. The predicted molar refractivity (Wildman–Crippen MR) is 78.2 cm³/mol. The fraction of sp³-hybridized carbons (Fsp3) is 0.471. The van der Waals surface area contributed by atoms with Crippen molar-refractivity contribution in [2.75, 3.05) is 13.6 Å². The Morgan fingerprint density at radius 3 is 3.00 bits per heavy atom. The fourth-order valence-electron chi connectivity index (χ4n) is 5.09. The SMILES string of the molecule is CN1CC[C@@]23c4c5ccc(O)c4O[C@@H]2[C@@H](O)C=C[C@H]3[C@H]1C5=O. The molecule has 1 fully saturated rings. The van der Waals surface area contributed by atoms with Gasteiger partial charge in [-0.15, -0.1) is 0 Å². The molecule has 0 aromatic heterocycles. The van der Waals surface area contributed by atoms with Gasteiger partial charge in [-0.25, -0.2) is 0 Å². The topological polar surface area (TPSA) is 70.0 Å². The van der Waals surface area contributed by atoms with Gasteiger partial charge in [-0.3, -0.25) is 9.69 Å². The van der Waals surface area contributed by atoms with E-state index in [0.717, 1.165) is 18.5 Å². The molecule has 5 atom stereocenters. The summed E-state index contributed by atoms with van der Waals surface area (Å²) >= 11 is 0. The van der Waals surface area contributed by atoms with Crippen molar-refractivity contribution < 1.29 is 19.7 Å². The zero-order valence-electron chi connectivity index (χ0n) is 12.2. The Balaban J connectivity index is 1.89. The lowest BCUT2D eigenvalue weighted by molar-refractivity contribution is -0.0386. The van der Waals surface area contributed by atoms with E-state index in [2.05, 4.69) is 4.90 Å². The first kappa shape index (κ1) is 12.7. The van der Waals surface area contributed by atoms with Crippen molar-refractivity contribution in [1.82, 2.24) is 4.90 Å². The van der Waals surface area contributed by atoms with Gasteiger partial charge in [0.05, 0.1) is 6.04 Å². The zero-order valence-corrected chi connectivity index (χ0v) is 12.2. The van der Waals surface area contributed by atoms with Gasteiger partial charge in [0.1, 0.15) is 12.2 Å². The minimum atomic E-state index is -0.715. The Hall–Kier alpha value is -1.85. The highest BCUT2D eigenvalue weighted by Crippen LogP contribution is 2.62. The van der Waals surface area contributed by atoms with E-state index >= 15 is 0 Å². The second kappa shape index (κ2) is 3.73. The summed E-state index contributed by atoms with van der Waals surface area (Å²) in [5, 5.41) is 20.6. The summed E-state index contributed by atoms with van der Waals surface area (Å²) in [5.41, 5.74) is 1.06. The van der Waals surface area contributed by atoms with E-state index in [4.69, 9.17) is 4.74 Å². The molecule has 1 aromatic rings. The number of ether oxygens (including phenoxy) is 1. The van der Waals surface area contributed by atoms with Crippen LogP contribution >= 0.6 is 0 Å². The quantitative estimate of drug-likeness (QED) is 0.695. The molecule has 0 amide bonds. The largest absolute Gasteiger partial charge is 0.504 e. The molecule has 114 valence electrons. The molecule has 5 heteroatoms. The monoisotopic (exact) mass is 299 g/mol. The minimum Gasteiger partial charge on any atom is -0.504 e. The molecule has 1 aromatic carbocycles. The summed E-state index contributed by atoms with van der Waals surface area (Å²) < 4.78 is 5.98. The summed E-state index contributed by atoms with van der Waals surface area (Å²) in [6.45, 7) is 0.780. The molecule has 2 bridgehead atoms. The third-order valence-electron chi connectivity index (χ3n) is 6.00. The number of carbonyl (C=O) groups is 1. The average molecular weight is 299 g/mol. The van der Waals surface area contributed by atoms with Crippen LogP contribution in [0.1, 0.15) is 22.3 Å². The standard InChI is InChI=1S/C17H17NO4/c1-18-7-6-17-9-3-5-11(20)16(17)22-15-10(19)4-2-8(12(15)17)14(21)13(9)18/h2-5,9,11,13,16,19-20H,6-7H2,1H3/t9-,11-,13-,16+,17+/m0/s1. The number of carbonyl (C=O) groups excluding carboxylic acids is 1. The van der Waals surface area contributed by atoms with Gasteiger partial charge < -0.3 is 14.9 Å².